The molecule has 0 aromatic heterocycles. The van der Waals surface area contributed by atoms with Gasteiger partial charge in [0.05, 0.1) is 22.6 Å². The van der Waals surface area contributed by atoms with Crippen LogP contribution in [0.2, 0.25) is 5.02 Å². The standard InChI is InChI=1S/C14H10ClNO5/c1-20-10-5-6-12(16(18)19)13(7-10)21-14-9(8-17)3-2-4-11(14)15/h2-8H,1H3. The first kappa shape index (κ1) is 14.8. The minimum absolute atomic E-state index is 0.0597. The van der Waals surface area contributed by atoms with Gasteiger partial charge in [-0.05, 0) is 18.2 Å². The molecule has 0 aliphatic carbocycles. The molecule has 0 saturated heterocycles. The molecular weight excluding hydrogens is 298 g/mol. The number of para-hydroxylation sites is 1. The first-order valence-electron chi connectivity index (χ1n) is 5.80. The third-order valence-corrected chi connectivity index (χ3v) is 3.00. The molecule has 0 atom stereocenters. The zero-order chi connectivity index (χ0) is 15.4. The number of nitrogens with zero attached hydrogens (tertiary/aromatic N) is 1. The second-order valence-corrected chi connectivity index (χ2v) is 4.38. The Kier molecular flexibility index (Phi) is 4.39. The summed E-state index contributed by atoms with van der Waals surface area (Å²) in [5.74, 6) is 0.386. The first-order valence-corrected chi connectivity index (χ1v) is 6.18. The van der Waals surface area contributed by atoms with Gasteiger partial charge in [-0.1, -0.05) is 17.7 Å². The molecule has 0 amide bonds. The minimum atomic E-state index is -0.591. The fourth-order valence-electron chi connectivity index (χ4n) is 1.69. The van der Waals surface area contributed by atoms with Crippen LogP contribution in [0.25, 0.3) is 0 Å². The Balaban J connectivity index is 2.53. The van der Waals surface area contributed by atoms with Gasteiger partial charge in [0.15, 0.2) is 12.0 Å². The Morgan fingerprint density at radius 2 is 2.05 bits per heavy atom. The van der Waals surface area contributed by atoms with Gasteiger partial charge in [0.2, 0.25) is 5.75 Å². The molecule has 0 unspecified atom stereocenters. The van der Waals surface area contributed by atoms with Crippen molar-refractivity contribution in [2.24, 2.45) is 0 Å². The van der Waals surface area contributed by atoms with Crippen molar-refractivity contribution >= 4 is 23.6 Å². The van der Waals surface area contributed by atoms with E-state index in [-0.39, 0.29) is 27.8 Å². The molecule has 108 valence electrons. The first-order chi connectivity index (χ1) is 10.1. The molecule has 2 rings (SSSR count). The van der Waals surface area contributed by atoms with Crippen LogP contribution >= 0.6 is 11.6 Å². The minimum Gasteiger partial charge on any atom is -0.497 e. The van der Waals surface area contributed by atoms with Crippen LogP contribution in [0.15, 0.2) is 36.4 Å². The fourth-order valence-corrected chi connectivity index (χ4v) is 1.91. The Hall–Kier alpha value is -2.60. The lowest BCUT2D eigenvalue weighted by molar-refractivity contribution is -0.385. The molecule has 0 aliphatic rings. The summed E-state index contributed by atoms with van der Waals surface area (Å²) < 4.78 is 10.5. The predicted molar refractivity (Wildman–Crippen MR) is 76.6 cm³/mol. The van der Waals surface area contributed by atoms with Crippen molar-refractivity contribution in [1.29, 1.82) is 0 Å². The van der Waals surface area contributed by atoms with Crippen LogP contribution in [0, 0.1) is 10.1 Å². The molecule has 0 saturated carbocycles. The van der Waals surface area contributed by atoms with Crippen molar-refractivity contribution in [1.82, 2.24) is 0 Å². The Bertz CT molecular complexity index is 702. The van der Waals surface area contributed by atoms with Gasteiger partial charge in [-0.15, -0.1) is 0 Å². The van der Waals surface area contributed by atoms with E-state index in [1.165, 1.54) is 37.4 Å². The van der Waals surface area contributed by atoms with Crippen molar-refractivity contribution in [3.8, 4) is 17.2 Å². The molecule has 0 fully saturated rings. The highest BCUT2D eigenvalue weighted by Crippen LogP contribution is 2.38. The number of rotatable bonds is 5. The van der Waals surface area contributed by atoms with Crippen LogP contribution in [0.3, 0.4) is 0 Å². The Morgan fingerprint density at radius 1 is 1.29 bits per heavy atom. The number of aldehydes is 1. The van der Waals surface area contributed by atoms with Crippen LogP contribution in [0.5, 0.6) is 17.2 Å². The van der Waals surface area contributed by atoms with Crippen LogP contribution in [0.4, 0.5) is 5.69 Å². The van der Waals surface area contributed by atoms with Crippen LogP contribution in [0.1, 0.15) is 10.4 Å². The summed E-state index contributed by atoms with van der Waals surface area (Å²) >= 11 is 5.98. The largest absolute Gasteiger partial charge is 0.497 e. The van der Waals surface area contributed by atoms with Crippen molar-refractivity contribution in [2.75, 3.05) is 7.11 Å². The van der Waals surface area contributed by atoms with E-state index in [0.717, 1.165) is 0 Å². The van der Waals surface area contributed by atoms with Gasteiger partial charge < -0.3 is 9.47 Å². The van der Waals surface area contributed by atoms with E-state index < -0.39 is 4.92 Å². The molecule has 0 aliphatic heterocycles. The van der Waals surface area contributed by atoms with Gasteiger partial charge in [-0.3, -0.25) is 14.9 Å². The highest BCUT2D eigenvalue weighted by molar-refractivity contribution is 6.32. The fraction of sp³-hybridized carbons (Fsp3) is 0.0714. The molecule has 7 heteroatoms. The maximum absolute atomic E-state index is 11.0. The second kappa shape index (κ2) is 6.23. The molecule has 6 nitrogen and oxygen atoms in total. The lowest BCUT2D eigenvalue weighted by Crippen LogP contribution is -1.97. The zero-order valence-corrected chi connectivity index (χ0v) is 11.7. The molecule has 0 spiro atoms. The van der Waals surface area contributed by atoms with Gasteiger partial charge in [0.1, 0.15) is 5.75 Å². The van der Waals surface area contributed by atoms with E-state index in [1.54, 1.807) is 6.07 Å². The molecule has 0 radical (unpaired) electrons. The number of halogens is 1. The van der Waals surface area contributed by atoms with E-state index >= 15 is 0 Å². The number of benzene rings is 2. The van der Waals surface area contributed by atoms with Gasteiger partial charge >= 0.3 is 5.69 Å². The Labute approximate surface area is 125 Å². The average Bonchev–Trinajstić information content (AvgIpc) is 2.48. The normalized spacial score (nSPS) is 10.0. The van der Waals surface area contributed by atoms with Crippen LogP contribution < -0.4 is 9.47 Å². The van der Waals surface area contributed by atoms with Crippen LogP contribution in [-0.2, 0) is 0 Å². The van der Waals surface area contributed by atoms with Gasteiger partial charge in [-0.2, -0.15) is 0 Å². The van der Waals surface area contributed by atoms with Crippen molar-refractivity contribution in [3.63, 3.8) is 0 Å². The third-order valence-electron chi connectivity index (χ3n) is 2.70. The lowest BCUT2D eigenvalue weighted by Gasteiger charge is -2.11. The van der Waals surface area contributed by atoms with Gasteiger partial charge in [0, 0.05) is 12.1 Å². The number of hydrogen-bond acceptors (Lipinski definition) is 5. The van der Waals surface area contributed by atoms with E-state index in [1.807, 2.05) is 0 Å². The monoisotopic (exact) mass is 307 g/mol. The summed E-state index contributed by atoms with van der Waals surface area (Å²) in [6.07, 6.45) is 0.563. The molecule has 0 heterocycles. The topological polar surface area (TPSA) is 78.7 Å². The number of methoxy groups -OCH3 is 1. The molecule has 21 heavy (non-hydrogen) atoms. The summed E-state index contributed by atoms with van der Waals surface area (Å²) in [4.78, 5) is 21.5. The van der Waals surface area contributed by atoms with E-state index in [2.05, 4.69) is 0 Å². The number of hydrogen-bond donors (Lipinski definition) is 0. The molecular formula is C14H10ClNO5. The van der Waals surface area contributed by atoms with E-state index in [4.69, 9.17) is 21.1 Å². The molecule has 2 aromatic rings. The maximum atomic E-state index is 11.0. The molecule has 2 aromatic carbocycles. The van der Waals surface area contributed by atoms with Crippen molar-refractivity contribution in [2.45, 2.75) is 0 Å². The Morgan fingerprint density at radius 3 is 2.67 bits per heavy atom. The summed E-state index contributed by atoms with van der Waals surface area (Å²) in [5, 5.41) is 11.2. The number of carbonyl (C=O) groups is 1. The number of carbonyl (C=O) groups excluding carboxylic acids is 1. The predicted octanol–water partition coefficient (Wildman–Crippen LogP) is 3.86. The van der Waals surface area contributed by atoms with Crippen LogP contribution in [-0.4, -0.2) is 18.3 Å². The SMILES string of the molecule is COc1ccc([N+](=O)[O-])c(Oc2c(Cl)cccc2C=O)c1. The molecule has 0 N–H and O–H groups in total. The van der Waals surface area contributed by atoms with E-state index in [9.17, 15) is 14.9 Å². The number of nitro benzene ring substituents is 1. The van der Waals surface area contributed by atoms with Crippen molar-refractivity contribution < 1.29 is 19.2 Å². The highest BCUT2D eigenvalue weighted by atomic mass is 35.5. The third kappa shape index (κ3) is 3.11. The summed E-state index contributed by atoms with van der Waals surface area (Å²) in [6, 6.07) is 8.66. The average molecular weight is 308 g/mol. The van der Waals surface area contributed by atoms with Gasteiger partial charge in [0.25, 0.3) is 0 Å². The summed E-state index contributed by atoms with van der Waals surface area (Å²) in [5.41, 5.74) is -0.0628. The molecule has 0 bridgehead atoms. The van der Waals surface area contributed by atoms with Crippen molar-refractivity contribution in [3.05, 3.63) is 57.1 Å². The van der Waals surface area contributed by atoms with E-state index in [0.29, 0.717) is 12.0 Å². The quantitative estimate of drug-likeness (QED) is 0.476. The number of ether oxygens (including phenoxy) is 2. The zero-order valence-electron chi connectivity index (χ0n) is 10.9. The number of nitro groups is 1. The highest BCUT2D eigenvalue weighted by Gasteiger charge is 2.19. The second-order valence-electron chi connectivity index (χ2n) is 3.97. The summed E-state index contributed by atoms with van der Waals surface area (Å²) in [6.45, 7) is 0. The van der Waals surface area contributed by atoms with Gasteiger partial charge in [-0.25, -0.2) is 0 Å². The summed E-state index contributed by atoms with van der Waals surface area (Å²) in [7, 11) is 1.43. The smallest absolute Gasteiger partial charge is 0.311 e. The maximum Gasteiger partial charge on any atom is 0.311 e. The lowest BCUT2D eigenvalue weighted by atomic mass is 10.2.